The minimum atomic E-state index is -0.0748. The Hall–Kier alpha value is -2.39. The van der Waals surface area contributed by atoms with Crippen LogP contribution in [0.3, 0.4) is 0 Å². The van der Waals surface area contributed by atoms with E-state index in [0.717, 1.165) is 11.4 Å². The molecule has 1 heterocycles. The smallest absolute Gasteiger partial charge is 0.255 e. The molecule has 5 nitrogen and oxygen atoms in total. The summed E-state index contributed by atoms with van der Waals surface area (Å²) >= 11 is 1.55. The van der Waals surface area contributed by atoms with Crippen LogP contribution in [-0.4, -0.2) is 21.7 Å². The van der Waals surface area contributed by atoms with E-state index >= 15 is 0 Å². The summed E-state index contributed by atoms with van der Waals surface area (Å²) in [5, 5.41) is 10.4. The molecule has 0 aliphatic carbocycles. The Morgan fingerprint density at radius 3 is 2.65 bits per heavy atom. The van der Waals surface area contributed by atoms with Crippen LogP contribution in [0.5, 0.6) is 0 Å². The lowest BCUT2D eigenvalue weighted by Crippen LogP contribution is -2.24. The molecule has 2 rings (SSSR count). The fraction of sp³-hybridized carbons (Fsp3) is 0.143. The molecule has 20 heavy (non-hydrogen) atoms. The molecular weight excluding hydrogens is 272 g/mol. The summed E-state index contributed by atoms with van der Waals surface area (Å²) < 4.78 is 1.56. The Morgan fingerprint density at radius 1 is 1.30 bits per heavy atom. The first kappa shape index (κ1) is 14.0. The highest BCUT2D eigenvalue weighted by Crippen LogP contribution is 2.13. The molecular formula is C14H14N4OS. The maximum absolute atomic E-state index is 11.7. The van der Waals surface area contributed by atoms with Crippen molar-refractivity contribution in [1.29, 1.82) is 5.26 Å². The summed E-state index contributed by atoms with van der Waals surface area (Å²) in [6.07, 6.45) is 5.70. The molecule has 6 heteroatoms. The fourth-order valence-electron chi connectivity index (χ4n) is 1.71. The highest BCUT2D eigenvalue weighted by atomic mass is 32.2. The van der Waals surface area contributed by atoms with Gasteiger partial charge in [-0.25, -0.2) is 5.01 Å². The quantitative estimate of drug-likeness (QED) is 0.395. The van der Waals surface area contributed by atoms with Gasteiger partial charge in [0.05, 0.1) is 11.6 Å². The van der Waals surface area contributed by atoms with Crippen molar-refractivity contribution in [3.05, 3.63) is 59.0 Å². The van der Waals surface area contributed by atoms with Crippen LogP contribution in [0, 0.1) is 11.5 Å². The molecule has 0 bridgehead atoms. The van der Waals surface area contributed by atoms with Gasteiger partial charge in [-0.05, 0) is 36.6 Å². The molecule has 2 aromatic rings. The van der Waals surface area contributed by atoms with Crippen LogP contribution in [0.15, 0.2) is 53.5 Å². The van der Waals surface area contributed by atoms with Gasteiger partial charge >= 0.3 is 0 Å². The highest BCUT2D eigenvalue weighted by Gasteiger charge is 2.02. The van der Waals surface area contributed by atoms with Crippen molar-refractivity contribution in [2.75, 3.05) is 17.6 Å². The number of thioether (sulfide) groups is 1. The van der Waals surface area contributed by atoms with Crippen LogP contribution >= 0.6 is 11.8 Å². The largest absolute Gasteiger partial charge is 0.289 e. The second kappa shape index (κ2) is 6.68. The Balaban J connectivity index is 2.17. The Kier molecular flexibility index (Phi) is 4.69. The highest BCUT2D eigenvalue weighted by molar-refractivity contribution is 7.98. The zero-order valence-corrected chi connectivity index (χ0v) is 11.8. The SMILES string of the molecule is CSCN(C#N)Nc1ccc(-n2ccccc2=O)cc1. The molecule has 0 spiro atoms. The second-order valence-electron chi connectivity index (χ2n) is 4.01. The van der Waals surface area contributed by atoms with Crippen molar-refractivity contribution in [3.63, 3.8) is 0 Å². The lowest BCUT2D eigenvalue weighted by Gasteiger charge is -2.16. The van der Waals surface area contributed by atoms with Crippen molar-refractivity contribution < 1.29 is 0 Å². The van der Waals surface area contributed by atoms with Gasteiger partial charge in [-0.15, -0.1) is 11.8 Å². The summed E-state index contributed by atoms with van der Waals surface area (Å²) in [6, 6.07) is 12.4. The molecule has 0 saturated carbocycles. The predicted octanol–water partition coefficient (Wildman–Crippen LogP) is 2.27. The van der Waals surface area contributed by atoms with Crippen molar-refractivity contribution in [3.8, 4) is 11.9 Å². The third-order valence-corrected chi connectivity index (χ3v) is 3.13. The van der Waals surface area contributed by atoms with Gasteiger partial charge in [-0.2, -0.15) is 5.26 Å². The van der Waals surface area contributed by atoms with Crippen LogP contribution in [0.1, 0.15) is 0 Å². The van der Waals surface area contributed by atoms with Gasteiger partial charge in [0.1, 0.15) is 0 Å². The zero-order valence-electron chi connectivity index (χ0n) is 11.0. The van der Waals surface area contributed by atoms with E-state index in [2.05, 4.69) is 11.6 Å². The van der Waals surface area contributed by atoms with Gasteiger partial charge in [0.2, 0.25) is 6.19 Å². The van der Waals surface area contributed by atoms with E-state index in [0.29, 0.717) is 5.88 Å². The van der Waals surface area contributed by atoms with Crippen LogP contribution in [0.4, 0.5) is 5.69 Å². The fourth-order valence-corrected chi connectivity index (χ4v) is 2.09. The van der Waals surface area contributed by atoms with Gasteiger partial charge in [0, 0.05) is 18.0 Å². The molecule has 0 fully saturated rings. The summed E-state index contributed by atoms with van der Waals surface area (Å²) in [7, 11) is 0. The molecule has 0 aliphatic heterocycles. The molecule has 0 atom stereocenters. The first-order valence-electron chi connectivity index (χ1n) is 5.95. The lowest BCUT2D eigenvalue weighted by molar-refractivity contribution is 0.552. The van der Waals surface area contributed by atoms with E-state index in [-0.39, 0.29) is 5.56 Å². The number of aromatic nitrogens is 1. The number of hydrogen-bond acceptors (Lipinski definition) is 5. The van der Waals surface area contributed by atoms with Crippen molar-refractivity contribution in [2.24, 2.45) is 0 Å². The number of rotatable bonds is 5. The predicted molar refractivity (Wildman–Crippen MR) is 81.5 cm³/mol. The summed E-state index contributed by atoms with van der Waals surface area (Å²) in [4.78, 5) is 11.7. The molecule has 0 radical (unpaired) electrons. The van der Waals surface area contributed by atoms with Gasteiger partial charge in [0.25, 0.3) is 5.56 Å². The number of nitriles is 1. The molecule has 1 aromatic carbocycles. The summed E-state index contributed by atoms with van der Waals surface area (Å²) in [5.41, 5.74) is 4.50. The molecule has 0 aliphatic rings. The van der Waals surface area contributed by atoms with Crippen molar-refractivity contribution in [2.45, 2.75) is 0 Å². The number of benzene rings is 1. The molecule has 0 saturated heterocycles. The average Bonchev–Trinajstić information content (AvgIpc) is 2.48. The molecule has 0 amide bonds. The maximum Gasteiger partial charge on any atom is 0.255 e. The third-order valence-electron chi connectivity index (χ3n) is 2.61. The van der Waals surface area contributed by atoms with Crippen LogP contribution in [0.25, 0.3) is 5.69 Å². The molecule has 1 aromatic heterocycles. The van der Waals surface area contributed by atoms with E-state index in [1.807, 2.05) is 36.6 Å². The number of nitrogens with zero attached hydrogens (tertiary/aromatic N) is 3. The Morgan fingerprint density at radius 2 is 2.05 bits per heavy atom. The number of hydrogen-bond donors (Lipinski definition) is 1. The zero-order chi connectivity index (χ0) is 14.4. The number of anilines is 1. The number of nitrogens with one attached hydrogen (secondary N) is 1. The first-order valence-corrected chi connectivity index (χ1v) is 7.35. The van der Waals surface area contributed by atoms with E-state index in [9.17, 15) is 4.79 Å². The van der Waals surface area contributed by atoms with E-state index < -0.39 is 0 Å². The molecule has 1 N–H and O–H groups in total. The number of pyridine rings is 1. The Bertz CT molecular complexity index is 660. The molecule has 0 unspecified atom stereocenters. The van der Waals surface area contributed by atoms with Crippen LogP contribution in [-0.2, 0) is 0 Å². The first-order chi connectivity index (χ1) is 9.74. The summed E-state index contributed by atoms with van der Waals surface area (Å²) in [6.45, 7) is 0. The van der Waals surface area contributed by atoms with Gasteiger partial charge in [-0.1, -0.05) is 6.07 Å². The van der Waals surface area contributed by atoms with Crippen LogP contribution < -0.4 is 11.0 Å². The molecule has 102 valence electrons. The lowest BCUT2D eigenvalue weighted by atomic mass is 10.3. The van der Waals surface area contributed by atoms with Gasteiger partial charge in [0.15, 0.2) is 0 Å². The standard InChI is InChI=1S/C14H14N4OS/c1-20-11-17(10-15)16-12-5-7-13(8-6-12)18-9-3-2-4-14(18)19/h2-9,16H,11H2,1H3. The van der Waals surface area contributed by atoms with E-state index in [1.165, 1.54) is 11.1 Å². The monoisotopic (exact) mass is 286 g/mol. The van der Waals surface area contributed by atoms with Gasteiger partial charge in [-0.3, -0.25) is 14.8 Å². The Labute approximate surface area is 121 Å². The maximum atomic E-state index is 11.7. The second-order valence-corrected chi connectivity index (χ2v) is 4.85. The number of hydrazine groups is 1. The normalized spacial score (nSPS) is 9.80. The topological polar surface area (TPSA) is 61.1 Å². The van der Waals surface area contributed by atoms with Gasteiger partial charge < -0.3 is 0 Å². The van der Waals surface area contributed by atoms with E-state index in [4.69, 9.17) is 5.26 Å². The van der Waals surface area contributed by atoms with Crippen molar-refractivity contribution in [1.82, 2.24) is 9.58 Å². The van der Waals surface area contributed by atoms with Crippen molar-refractivity contribution >= 4 is 17.4 Å². The van der Waals surface area contributed by atoms with Crippen LogP contribution in [0.2, 0.25) is 0 Å². The minimum Gasteiger partial charge on any atom is -0.289 e. The third kappa shape index (κ3) is 3.33. The summed E-state index contributed by atoms with van der Waals surface area (Å²) in [5.74, 6) is 0.566. The minimum absolute atomic E-state index is 0.0748. The van der Waals surface area contributed by atoms with E-state index in [1.54, 1.807) is 28.6 Å². The average molecular weight is 286 g/mol.